The standard InChI is InChI=1S/C15H15NOS2/c1-16(2)13-5-9-15(10-6-13)19-18-14-7-3-12(11-17)4-8-14/h3-11H,1-2H3. The molecule has 0 radical (unpaired) electrons. The van der Waals surface area contributed by atoms with E-state index in [1.165, 1.54) is 10.6 Å². The second kappa shape index (κ2) is 6.68. The number of carbonyl (C=O) groups is 1. The van der Waals surface area contributed by atoms with Crippen LogP contribution in [0.5, 0.6) is 0 Å². The monoisotopic (exact) mass is 289 g/mol. The molecule has 2 rings (SSSR count). The lowest BCUT2D eigenvalue weighted by atomic mass is 10.2. The molecule has 0 aliphatic rings. The normalized spacial score (nSPS) is 10.2. The van der Waals surface area contributed by atoms with Crippen LogP contribution in [0.25, 0.3) is 0 Å². The van der Waals surface area contributed by atoms with Gasteiger partial charge in [-0.25, -0.2) is 0 Å². The molecule has 0 amide bonds. The maximum Gasteiger partial charge on any atom is 0.150 e. The third-order valence-electron chi connectivity index (χ3n) is 2.60. The van der Waals surface area contributed by atoms with Crippen molar-refractivity contribution < 1.29 is 4.79 Å². The van der Waals surface area contributed by atoms with E-state index in [0.29, 0.717) is 5.56 Å². The van der Waals surface area contributed by atoms with Crippen LogP contribution in [0.1, 0.15) is 10.4 Å². The summed E-state index contributed by atoms with van der Waals surface area (Å²) in [7, 11) is 7.48. The van der Waals surface area contributed by atoms with Crippen LogP contribution in [-0.4, -0.2) is 20.4 Å². The minimum atomic E-state index is 0.713. The zero-order chi connectivity index (χ0) is 13.7. The van der Waals surface area contributed by atoms with E-state index in [4.69, 9.17) is 0 Å². The molecule has 0 saturated heterocycles. The Bertz CT molecular complexity index is 535. The summed E-state index contributed by atoms with van der Waals surface area (Å²) >= 11 is 0. The Morgan fingerprint density at radius 3 is 1.74 bits per heavy atom. The zero-order valence-electron chi connectivity index (χ0n) is 10.9. The smallest absolute Gasteiger partial charge is 0.150 e. The summed E-state index contributed by atoms with van der Waals surface area (Å²) < 4.78 is 0. The van der Waals surface area contributed by atoms with E-state index in [0.717, 1.165) is 11.2 Å². The van der Waals surface area contributed by atoms with Gasteiger partial charge in [-0.3, -0.25) is 4.79 Å². The third kappa shape index (κ3) is 4.04. The predicted molar refractivity (Wildman–Crippen MR) is 84.3 cm³/mol. The summed E-state index contributed by atoms with van der Waals surface area (Å²) in [6, 6.07) is 16.1. The number of aldehydes is 1. The van der Waals surface area contributed by atoms with Crippen LogP contribution in [0.2, 0.25) is 0 Å². The van der Waals surface area contributed by atoms with Gasteiger partial charge in [0.1, 0.15) is 6.29 Å². The Kier molecular flexibility index (Phi) is 4.93. The molecule has 0 heterocycles. The van der Waals surface area contributed by atoms with Crippen LogP contribution < -0.4 is 4.90 Å². The molecule has 19 heavy (non-hydrogen) atoms. The van der Waals surface area contributed by atoms with Crippen LogP contribution in [0.3, 0.4) is 0 Å². The molecular formula is C15H15NOS2. The second-order valence-electron chi connectivity index (χ2n) is 4.24. The molecule has 2 aromatic rings. The van der Waals surface area contributed by atoms with Gasteiger partial charge in [0, 0.05) is 35.1 Å². The van der Waals surface area contributed by atoms with Gasteiger partial charge in [0.2, 0.25) is 0 Å². The van der Waals surface area contributed by atoms with E-state index in [1.54, 1.807) is 21.6 Å². The summed E-state index contributed by atoms with van der Waals surface area (Å²) in [5, 5.41) is 0. The maximum atomic E-state index is 10.6. The first-order valence-electron chi connectivity index (χ1n) is 5.86. The Morgan fingerprint density at radius 1 is 0.842 bits per heavy atom. The van der Waals surface area contributed by atoms with E-state index >= 15 is 0 Å². The summed E-state index contributed by atoms with van der Waals surface area (Å²) in [6.45, 7) is 0. The minimum absolute atomic E-state index is 0.713. The summed E-state index contributed by atoms with van der Waals surface area (Å²) in [6.07, 6.45) is 0.863. The maximum absolute atomic E-state index is 10.6. The van der Waals surface area contributed by atoms with Crippen molar-refractivity contribution in [1.29, 1.82) is 0 Å². The molecule has 0 atom stereocenters. The minimum Gasteiger partial charge on any atom is -0.378 e. The van der Waals surface area contributed by atoms with Gasteiger partial charge < -0.3 is 4.90 Å². The first-order valence-corrected chi connectivity index (χ1v) is 8.01. The van der Waals surface area contributed by atoms with E-state index < -0.39 is 0 Å². The highest BCUT2D eigenvalue weighted by molar-refractivity contribution is 8.76. The van der Waals surface area contributed by atoms with Gasteiger partial charge in [0.25, 0.3) is 0 Å². The van der Waals surface area contributed by atoms with Crippen molar-refractivity contribution in [2.75, 3.05) is 19.0 Å². The quantitative estimate of drug-likeness (QED) is 0.601. The van der Waals surface area contributed by atoms with Crippen LogP contribution in [0.15, 0.2) is 58.3 Å². The summed E-state index contributed by atoms with van der Waals surface area (Å²) in [4.78, 5) is 15.0. The predicted octanol–water partition coefficient (Wildman–Crippen LogP) is 4.36. The van der Waals surface area contributed by atoms with Gasteiger partial charge in [0.15, 0.2) is 0 Å². The van der Waals surface area contributed by atoms with Crippen LogP contribution in [-0.2, 0) is 0 Å². The number of nitrogens with zero attached hydrogens (tertiary/aromatic N) is 1. The first-order chi connectivity index (χ1) is 9.19. The molecule has 4 heteroatoms. The molecule has 0 aliphatic heterocycles. The number of hydrogen-bond donors (Lipinski definition) is 0. The molecule has 0 aromatic heterocycles. The van der Waals surface area contributed by atoms with Gasteiger partial charge in [-0.1, -0.05) is 33.7 Å². The molecule has 0 fully saturated rings. The number of benzene rings is 2. The Balaban J connectivity index is 1.95. The van der Waals surface area contributed by atoms with Crippen molar-refractivity contribution in [3.8, 4) is 0 Å². The van der Waals surface area contributed by atoms with Crippen LogP contribution in [0, 0.1) is 0 Å². The van der Waals surface area contributed by atoms with Crippen molar-refractivity contribution >= 4 is 33.6 Å². The largest absolute Gasteiger partial charge is 0.378 e. The van der Waals surface area contributed by atoms with E-state index in [-0.39, 0.29) is 0 Å². The Morgan fingerprint density at radius 2 is 1.32 bits per heavy atom. The third-order valence-corrected chi connectivity index (χ3v) is 5.02. The van der Waals surface area contributed by atoms with Gasteiger partial charge in [-0.2, -0.15) is 0 Å². The molecule has 2 aromatic carbocycles. The molecule has 0 bridgehead atoms. The molecule has 0 saturated carbocycles. The van der Waals surface area contributed by atoms with Crippen LogP contribution in [0.4, 0.5) is 5.69 Å². The highest BCUT2D eigenvalue weighted by Crippen LogP contribution is 2.37. The number of hydrogen-bond acceptors (Lipinski definition) is 4. The van der Waals surface area contributed by atoms with Gasteiger partial charge in [0.05, 0.1) is 0 Å². The molecule has 0 aliphatic carbocycles. The highest BCUT2D eigenvalue weighted by atomic mass is 33.1. The highest BCUT2D eigenvalue weighted by Gasteiger charge is 1.99. The van der Waals surface area contributed by atoms with Crippen molar-refractivity contribution in [1.82, 2.24) is 0 Å². The summed E-state index contributed by atoms with van der Waals surface area (Å²) in [5.41, 5.74) is 1.91. The van der Waals surface area contributed by atoms with E-state index in [9.17, 15) is 4.79 Å². The summed E-state index contributed by atoms with van der Waals surface area (Å²) in [5.74, 6) is 0. The van der Waals surface area contributed by atoms with Gasteiger partial charge in [-0.05, 0) is 36.4 Å². The lowest BCUT2D eigenvalue weighted by molar-refractivity contribution is 0.112. The average molecular weight is 289 g/mol. The lowest BCUT2D eigenvalue weighted by Crippen LogP contribution is -2.07. The van der Waals surface area contributed by atoms with E-state index in [1.807, 2.05) is 38.4 Å². The van der Waals surface area contributed by atoms with Crippen molar-refractivity contribution in [2.45, 2.75) is 9.79 Å². The number of rotatable bonds is 5. The SMILES string of the molecule is CN(C)c1ccc(SSc2ccc(C=O)cc2)cc1. The van der Waals surface area contributed by atoms with Gasteiger partial charge in [-0.15, -0.1) is 0 Å². The van der Waals surface area contributed by atoms with Crippen LogP contribution >= 0.6 is 21.6 Å². The second-order valence-corrected chi connectivity index (χ2v) is 6.52. The average Bonchev–Trinajstić information content (AvgIpc) is 2.46. The van der Waals surface area contributed by atoms with Crippen molar-refractivity contribution in [2.24, 2.45) is 0 Å². The fraction of sp³-hybridized carbons (Fsp3) is 0.133. The molecule has 2 nitrogen and oxygen atoms in total. The van der Waals surface area contributed by atoms with Crippen molar-refractivity contribution in [3.05, 3.63) is 54.1 Å². The molecular weight excluding hydrogens is 274 g/mol. The zero-order valence-corrected chi connectivity index (χ0v) is 12.5. The first kappa shape index (κ1) is 14.0. The Hall–Kier alpha value is -1.39. The lowest BCUT2D eigenvalue weighted by Gasteiger charge is -2.12. The van der Waals surface area contributed by atoms with Crippen molar-refractivity contribution in [3.63, 3.8) is 0 Å². The molecule has 0 unspecified atom stereocenters. The molecule has 0 spiro atoms. The number of carbonyl (C=O) groups excluding carboxylic acids is 1. The Labute approximate surface area is 121 Å². The fourth-order valence-electron chi connectivity index (χ4n) is 1.50. The fourth-order valence-corrected chi connectivity index (χ4v) is 3.43. The molecule has 98 valence electrons. The number of anilines is 1. The van der Waals surface area contributed by atoms with E-state index in [2.05, 4.69) is 29.2 Å². The molecule has 0 N–H and O–H groups in total. The van der Waals surface area contributed by atoms with Gasteiger partial charge >= 0.3 is 0 Å². The topological polar surface area (TPSA) is 20.3 Å².